The van der Waals surface area contributed by atoms with Crippen molar-refractivity contribution < 1.29 is 59.5 Å². The minimum Gasteiger partial charge on any atom is -0.481 e. The van der Waals surface area contributed by atoms with Gasteiger partial charge in [0.25, 0.3) is 0 Å². The van der Waals surface area contributed by atoms with Crippen molar-refractivity contribution in [1.82, 2.24) is 0 Å². The zero-order chi connectivity index (χ0) is 38.6. The first kappa shape index (κ1) is 40.0. The van der Waals surface area contributed by atoms with Gasteiger partial charge in [0, 0.05) is 0 Å². The Kier molecular flexibility index (Phi) is 10.4. The standard InChI is InChI=1S/C41H66O12/c1-20-10-15-41(36(48)49)17-16-39(6)22(28(41)21(20)2)8-9-26-38(5)13-12-27(37(3,4)25(38)11-14-40(26,39)7)52-34-32(47)33(23(43)19-50-34)53-35-31(46)30(45)29(44)24(18-42)51-35/h8,20-21,23-35,42-47H,9-19H2,1-7H3,(H,48,49). The number of ether oxygens (including phenoxy) is 4. The number of hydrogen-bond donors (Lipinski definition) is 7. The predicted octanol–water partition coefficient (Wildman–Crippen LogP) is 3.38. The maximum Gasteiger partial charge on any atom is 0.310 e. The first-order valence-electron chi connectivity index (χ1n) is 20.3. The van der Waals surface area contributed by atoms with E-state index in [1.165, 1.54) is 5.57 Å². The van der Waals surface area contributed by atoms with Crippen LogP contribution in [0.25, 0.3) is 0 Å². The van der Waals surface area contributed by atoms with Crippen molar-refractivity contribution in [3.05, 3.63) is 11.6 Å². The van der Waals surface area contributed by atoms with E-state index in [0.717, 1.165) is 57.8 Å². The minimum absolute atomic E-state index is 0.00515. The van der Waals surface area contributed by atoms with Gasteiger partial charge in [-0.05, 0) is 109 Å². The number of allylic oxidation sites excluding steroid dienone is 2. The molecule has 0 aromatic carbocycles. The van der Waals surface area contributed by atoms with Gasteiger partial charge in [-0.1, -0.05) is 60.1 Å². The molecule has 7 N–H and O–H groups in total. The van der Waals surface area contributed by atoms with Crippen LogP contribution in [0.4, 0.5) is 0 Å². The number of carboxylic acid groups (broad SMARTS) is 1. The fraction of sp³-hybridized carbons (Fsp3) is 0.927. The molecule has 0 amide bonds. The Hall–Kier alpha value is -1.19. The van der Waals surface area contributed by atoms with E-state index >= 15 is 0 Å². The highest BCUT2D eigenvalue weighted by Gasteiger charge is 2.70. The lowest BCUT2D eigenvalue weighted by atomic mass is 9.33. The summed E-state index contributed by atoms with van der Waals surface area (Å²) in [5.41, 5.74) is 0.404. The third kappa shape index (κ3) is 5.77. The van der Waals surface area contributed by atoms with Gasteiger partial charge in [0.1, 0.15) is 42.7 Å². The van der Waals surface area contributed by atoms with E-state index in [0.29, 0.717) is 23.7 Å². The van der Waals surface area contributed by atoms with Crippen molar-refractivity contribution in [2.24, 2.45) is 56.7 Å². The monoisotopic (exact) mass is 750 g/mol. The van der Waals surface area contributed by atoms with Crippen LogP contribution in [0.2, 0.25) is 0 Å². The minimum atomic E-state index is -1.68. The summed E-state index contributed by atoms with van der Waals surface area (Å²) in [5.74, 6) is 1.01. The second-order valence-corrected chi connectivity index (χ2v) is 19.7. The maximum absolute atomic E-state index is 13.1. The highest BCUT2D eigenvalue weighted by molar-refractivity contribution is 5.76. The summed E-state index contributed by atoms with van der Waals surface area (Å²) in [6.07, 6.45) is -2.52. The smallest absolute Gasteiger partial charge is 0.310 e. The molecule has 5 aliphatic carbocycles. The van der Waals surface area contributed by atoms with Crippen molar-refractivity contribution >= 4 is 5.97 Å². The van der Waals surface area contributed by atoms with Crippen LogP contribution in [0.1, 0.15) is 106 Å². The average molecular weight is 751 g/mol. The summed E-state index contributed by atoms with van der Waals surface area (Å²) < 4.78 is 23.8. The Labute approximate surface area is 314 Å². The summed E-state index contributed by atoms with van der Waals surface area (Å²) in [5, 5.41) is 73.6. The number of carbonyl (C=O) groups is 1. The zero-order valence-corrected chi connectivity index (χ0v) is 32.7. The van der Waals surface area contributed by atoms with Crippen molar-refractivity contribution in [1.29, 1.82) is 0 Å². The van der Waals surface area contributed by atoms with Gasteiger partial charge >= 0.3 is 5.97 Å². The van der Waals surface area contributed by atoms with E-state index in [-0.39, 0.29) is 40.3 Å². The second kappa shape index (κ2) is 13.7. The van der Waals surface area contributed by atoms with Crippen LogP contribution in [0.15, 0.2) is 11.6 Å². The molecule has 19 atom stereocenters. The molecule has 2 aliphatic heterocycles. The lowest BCUT2D eigenvalue weighted by Crippen LogP contribution is -2.66. The van der Waals surface area contributed by atoms with Crippen molar-refractivity contribution in [3.8, 4) is 0 Å². The van der Waals surface area contributed by atoms with E-state index in [4.69, 9.17) is 18.9 Å². The molecule has 7 aliphatic rings. The van der Waals surface area contributed by atoms with Gasteiger partial charge < -0.3 is 54.7 Å². The Morgan fingerprint density at radius 2 is 1.55 bits per heavy atom. The predicted molar refractivity (Wildman–Crippen MR) is 192 cm³/mol. The SMILES string of the molecule is CC1CCC2(C(=O)O)CCC3(C)C(=CCC4C5(C)CCC(OC6OCC(O)C(OC7OC(CO)C(O)C(O)C7O)C6O)C(C)(C)C5CCC43C)C2C1C. The number of carboxylic acids is 1. The first-order valence-corrected chi connectivity index (χ1v) is 20.3. The van der Waals surface area contributed by atoms with Crippen molar-refractivity contribution in [2.45, 2.75) is 168 Å². The Bertz CT molecular complexity index is 1420. The number of fused-ring (bicyclic) bond motifs is 7. The molecule has 0 radical (unpaired) electrons. The zero-order valence-electron chi connectivity index (χ0n) is 32.7. The Balaban J connectivity index is 1.10. The average Bonchev–Trinajstić information content (AvgIpc) is 3.10. The van der Waals surface area contributed by atoms with Gasteiger partial charge in [-0.15, -0.1) is 0 Å². The molecular formula is C41H66O12. The summed E-state index contributed by atoms with van der Waals surface area (Å²) >= 11 is 0. The van der Waals surface area contributed by atoms with Gasteiger partial charge in [-0.25, -0.2) is 0 Å². The number of rotatable bonds is 6. The largest absolute Gasteiger partial charge is 0.481 e. The molecule has 12 nitrogen and oxygen atoms in total. The van der Waals surface area contributed by atoms with E-state index in [1.54, 1.807) is 0 Å². The quantitative estimate of drug-likeness (QED) is 0.155. The third-order valence-electron chi connectivity index (χ3n) is 17.2. The van der Waals surface area contributed by atoms with Gasteiger partial charge in [-0.2, -0.15) is 0 Å². The van der Waals surface area contributed by atoms with Crippen molar-refractivity contribution in [3.63, 3.8) is 0 Å². The summed E-state index contributed by atoms with van der Waals surface area (Å²) in [6, 6.07) is 0. The molecule has 0 bridgehead atoms. The van der Waals surface area contributed by atoms with Gasteiger partial charge in [-0.3, -0.25) is 4.79 Å². The highest BCUT2D eigenvalue weighted by Crippen LogP contribution is 2.76. The number of aliphatic hydroxyl groups is 6. The van der Waals surface area contributed by atoms with Crippen molar-refractivity contribution in [2.75, 3.05) is 13.2 Å². The lowest BCUT2D eigenvalue weighted by molar-refractivity contribution is -0.357. The topological polar surface area (TPSA) is 196 Å². The Morgan fingerprint density at radius 3 is 2.23 bits per heavy atom. The molecule has 302 valence electrons. The molecule has 0 aromatic heterocycles. The van der Waals surface area contributed by atoms with Crippen LogP contribution in [0, 0.1) is 56.7 Å². The Morgan fingerprint density at radius 1 is 0.830 bits per heavy atom. The fourth-order valence-electron chi connectivity index (χ4n) is 13.6. The normalized spacial score (nSPS) is 55.1. The number of aliphatic hydroxyl groups excluding tert-OH is 6. The molecule has 53 heavy (non-hydrogen) atoms. The lowest BCUT2D eigenvalue weighted by Gasteiger charge is -2.71. The number of aliphatic carboxylic acids is 1. The van der Waals surface area contributed by atoms with E-state index in [1.807, 2.05) is 0 Å². The summed E-state index contributed by atoms with van der Waals surface area (Å²) in [6.45, 7) is 15.7. The van der Waals surface area contributed by atoms with Gasteiger partial charge in [0.15, 0.2) is 12.6 Å². The highest BCUT2D eigenvalue weighted by atomic mass is 16.7. The van der Waals surface area contributed by atoms with Gasteiger partial charge in [0.05, 0.1) is 24.7 Å². The molecule has 2 saturated heterocycles. The molecular weight excluding hydrogens is 684 g/mol. The summed E-state index contributed by atoms with van der Waals surface area (Å²) in [4.78, 5) is 13.1. The number of hydrogen-bond acceptors (Lipinski definition) is 11. The van der Waals surface area contributed by atoms with Crippen LogP contribution in [0.3, 0.4) is 0 Å². The van der Waals surface area contributed by atoms with Crippen LogP contribution in [-0.4, -0.2) is 116 Å². The molecule has 7 rings (SSSR count). The van der Waals surface area contributed by atoms with Gasteiger partial charge in [0.2, 0.25) is 0 Å². The molecule has 6 fully saturated rings. The maximum atomic E-state index is 13.1. The molecule has 4 saturated carbocycles. The fourth-order valence-corrected chi connectivity index (χ4v) is 13.6. The van der Waals surface area contributed by atoms with Crippen LogP contribution in [-0.2, 0) is 23.7 Å². The van der Waals surface area contributed by atoms with Crippen LogP contribution < -0.4 is 0 Å². The third-order valence-corrected chi connectivity index (χ3v) is 17.2. The summed E-state index contributed by atoms with van der Waals surface area (Å²) in [7, 11) is 0. The van der Waals surface area contributed by atoms with E-state index in [9.17, 15) is 40.5 Å². The second-order valence-electron chi connectivity index (χ2n) is 19.7. The first-order chi connectivity index (χ1) is 24.8. The molecule has 19 unspecified atom stereocenters. The molecule has 0 aromatic rings. The molecule has 2 heterocycles. The van der Waals surface area contributed by atoms with E-state index < -0.39 is 73.3 Å². The van der Waals surface area contributed by atoms with Crippen LogP contribution >= 0.6 is 0 Å². The molecule has 12 heteroatoms. The molecule has 0 spiro atoms. The van der Waals surface area contributed by atoms with E-state index in [2.05, 4.69) is 54.5 Å². The van der Waals surface area contributed by atoms with Crippen LogP contribution in [0.5, 0.6) is 0 Å².